The quantitative estimate of drug-likeness (QED) is 0.555. The predicted molar refractivity (Wildman–Crippen MR) is 86.2 cm³/mol. The van der Waals surface area contributed by atoms with E-state index in [0.29, 0.717) is 28.4 Å². The average molecular weight is 360 g/mol. The highest BCUT2D eigenvalue weighted by molar-refractivity contribution is 6.41. The van der Waals surface area contributed by atoms with Crippen LogP contribution in [0.4, 0.5) is 5.69 Å². The summed E-state index contributed by atoms with van der Waals surface area (Å²) in [6.07, 6.45) is 2.91. The first-order chi connectivity index (χ1) is 10.9. The summed E-state index contributed by atoms with van der Waals surface area (Å²) in [5, 5.41) is 19.9. The molecule has 2 atom stereocenters. The zero-order valence-electron chi connectivity index (χ0n) is 11.9. The zero-order chi connectivity index (χ0) is 17.0. The monoisotopic (exact) mass is 359 g/mol. The number of hydrogen-bond donors (Lipinski definition) is 3. The normalized spacial score (nSPS) is 22.1. The molecule has 0 amide bonds. The number of nitrogens with one attached hydrogen (secondary N) is 1. The van der Waals surface area contributed by atoms with E-state index in [1.165, 1.54) is 0 Å². The molecule has 0 spiro atoms. The Kier molecular flexibility index (Phi) is 5.81. The van der Waals surface area contributed by atoms with E-state index in [2.05, 4.69) is 15.2 Å². The number of pyridine rings is 1. The molecule has 7 nitrogen and oxygen atoms in total. The standard InChI is InChI=1S/C10H11Cl2N3.C4H4O4/c11-8-1-7(3-14-10(8)12)15-4-6-2-13-9(6)5-15;5-3(6)1-2-4(7)8/h1,3,6,9,13H,2,4-5H2;1-2H,(H,5,6)(H,7,8)/t6-,9+;/m0./s1. The van der Waals surface area contributed by atoms with E-state index in [9.17, 15) is 9.59 Å². The minimum atomic E-state index is -1.26. The lowest BCUT2D eigenvalue weighted by Crippen LogP contribution is -2.51. The molecule has 3 heterocycles. The topological polar surface area (TPSA) is 103 Å². The van der Waals surface area contributed by atoms with Gasteiger partial charge in [-0.15, -0.1) is 0 Å². The van der Waals surface area contributed by atoms with Crippen LogP contribution in [-0.2, 0) is 9.59 Å². The van der Waals surface area contributed by atoms with Crippen molar-refractivity contribution in [3.8, 4) is 0 Å². The molecule has 3 rings (SSSR count). The Morgan fingerprint density at radius 1 is 1.26 bits per heavy atom. The first-order valence-electron chi connectivity index (χ1n) is 6.80. The lowest BCUT2D eigenvalue weighted by atomic mass is 9.96. The Bertz CT molecular complexity index is 610. The van der Waals surface area contributed by atoms with Gasteiger partial charge in [-0.05, 0) is 6.07 Å². The van der Waals surface area contributed by atoms with Crippen LogP contribution in [0.3, 0.4) is 0 Å². The van der Waals surface area contributed by atoms with Crippen molar-refractivity contribution in [3.63, 3.8) is 0 Å². The lowest BCUT2D eigenvalue weighted by molar-refractivity contribution is -0.134. The second-order valence-electron chi connectivity index (χ2n) is 5.16. The van der Waals surface area contributed by atoms with E-state index >= 15 is 0 Å². The number of anilines is 1. The maximum atomic E-state index is 9.55. The van der Waals surface area contributed by atoms with Gasteiger partial charge in [0, 0.05) is 43.7 Å². The third kappa shape index (κ3) is 4.82. The smallest absolute Gasteiger partial charge is 0.328 e. The van der Waals surface area contributed by atoms with E-state index in [1.807, 2.05) is 6.07 Å². The van der Waals surface area contributed by atoms with Gasteiger partial charge in [-0.1, -0.05) is 23.2 Å². The number of carboxylic acids is 2. The van der Waals surface area contributed by atoms with Crippen molar-refractivity contribution >= 4 is 40.8 Å². The number of rotatable bonds is 3. The molecule has 3 N–H and O–H groups in total. The largest absolute Gasteiger partial charge is 0.478 e. The Morgan fingerprint density at radius 3 is 2.30 bits per heavy atom. The van der Waals surface area contributed by atoms with Crippen LogP contribution in [0.2, 0.25) is 10.2 Å². The van der Waals surface area contributed by atoms with Crippen LogP contribution in [0, 0.1) is 5.92 Å². The molecule has 2 saturated heterocycles. The molecule has 0 bridgehead atoms. The van der Waals surface area contributed by atoms with E-state index in [-0.39, 0.29) is 0 Å². The van der Waals surface area contributed by atoms with Gasteiger partial charge in [0.15, 0.2) is 0 Å². The third-order valence-corrected chi connectivity index (χ3v) is 4.28. The van der Waals surface area contributed by atoms with Crippen molar-refractivity contribution in [1.82, 2.24) is 10.3 Å². The molecule has 0 saturated carbocycles. The average Bonchev–Trinajstić information content (AvgIpc) is 2.76. The predicted octanol–water partition coefficient (Wildman–Crippen LogP) is 1.51. The molecular weight excluding hydrogens is 345 g/mol. The summed E-state index contributed by atoms with van der Waals surface area (Å²) in [5.41, 5.74) is 1.07. The van der Waals surface area contributed by atoms with E-state index in [1.54, 1.807) is 6.20 Å². The van der Waals surface area contributed by atoms with E-state index in [0.717, 1.165) is 31.2 Å². The van der Waals surface area contributed by atoms with Crippen molar-refractivity contribution in [3.05, 3.63) is 34.6 Å². The fraction of sp³-hybridized carbons (Fsp3) is 0.357. The molecule has 23 heavy (non-hydrogen) atoms. The van der Waals surface area contributed by atoms with Gasteiger partial charge in [0.2, 0.25) is 0 Å². The molecule has 1 aromatic rings. The highest BCUT2D eigenvalue weighted by Gasteiger charge is 2.39. The minimum Gasteiger partial charge on any atom is -0.478 e. The molecular formula is C14H15Cl2N3O4. The summed E-state index contributed by atoms with van der Waals surface area (Å²) < 4.78 is 0. The number of carbonyl (C=O) groups is 2. The molecule has 0 aromatic carbocycles. The van der Waals surface area contributed by atoms with Gasteiger partial charge in [-0.2, -0.15) is 0 Å². The van der Waals surface area contributed by atoms with Gasteiger partial charge in [0.05, 0.1) is 16.9 Å². The van der Waals surface area contributed by atoms with Crippen LogP contribution in [0.25, 0.3) is 0 Å². The van der Waals surface area contributed by atoms with Gasteiger partial charge in [-0.3, -0.25) is 0 Å². The number of nitrogens with zero attached hydrogens (tertiary/aromatic N) is 2. The van der Waals surface area contributed by atoms with Gasteiger partial charge < -0.3 is 20.4 Å². The van der Waals surface area contributed by atoms with Crippen LogP contribution in [0.15, 0.2) is 24.4 Å². The van der Waals surface area contributed by atoms with E-state index < -0.39 is 11.9 Å². The summed E-state index contributed by atoms with van der Waals surface area (Å²) in [6.45, 7) is 3.28. The van der Waals surface area contributed by atoms with Crippen LogP contribution in [0.5, 0.6) is 0 Å². The second kappa shape index (κ2) is 7.63. The maximum absolute atomic E-state index is 9.55. The summed E-state index contributed by atoms with van der Waals surface area (Å²) in [6, 6.07) is 2.54. The highest BCUT2D eigenvalue weighted by Crippen LogP contribution is 2.30. The number of hydrogen-bond acceptors (Lipinski definition) is 5. The molecule has 0 aliphatic carbocycles. The van der Waals surface area contributed by atoms with Crippen molar-refractivity contribution in [2.24, 2.45) is 5.92 Å². The van der Waals surface area contributed by atoms with E-state index in [4.69, 9.17) is 33.4 Å². The van der Waals surface area contributed by atoms with Crippen LogP contribution >= 0.6 is 23.2 Å². The molecule has 1 aromatic heterocycles. The van der Waals surface area contributed by atoms with Gasteiger partial charge >= 0.3 is 11.9 Å². The lowest BCUT2D eigenvalue weighted by Gasteiger charge is -2.29. The fourth-order valence-corrected chi connectivity index (χ4v) is 2.65. The number of halogens is 2. The Balaban J connectivity index is 0.000000207. The zero-order valence-corrected chi connectivity index (χ0v) is 13.5. The van der Waals surface area contributed by atoms with Crippen LogP contribution in [0.1, 0.15) is 0 Å². The summed E-state index contributed by atoms with van der Waals surface area (Å²) in [5.74, 6) is -1.72. The Morgan fingerprint density at radius 2 is 1.91 bits per heavy atom. The summed E-state index contributed by atoms with van der Waals surface area (Å²) in [7, 11) is 0. The van der Waals surface area contributed by atoms with Crippen molar-refractivity contribution in [2.45, 2.75) is 6.04 Å². The molecule has 0 radical (unpaired) electrons. The van der Waals surface area contributed by atoms with Crippen molar-refractivity contribution in [2.75, 3.05) is 24.5 Å². The van der Waals surface area contributed by atoms with Gasteiger partial charge in [0.25, 0.3) is 0 Å². The molecule has 2 fully saturated rings. The first kappa shape index (κ1) is 17.5. The Labute approximate surface area is 142 Å². The second-order valence-corrected chi connectivity index (χ2v) is 5.92. The number of fused-ring (bicyclic) bond motifs is 1. The Hall–Kier alpha value is -1.83. The minimum absolute atomic E-state index is 0.376. The molecule has 124 valence electrons. The highest BCUT2D eigenvalue weighted by atomic mass is 35.5. The number of carboxylic acid groups (broad SMARTS) is 2. The van der Waals surface area contributed by atoms with Crippen LogP contribution in [-0.4, -0.2) is 52.8 Å². The number of aliphatic carboxylic acids is 2. The maximum Gasteiger partial charge on any atom is 0.328 e. The summed E-state index contributed by atoms with van der Waals surface area (Å²) >= 11 is 11.7. The van der Waals surface area contributed by atoms with Crippen LogP contribution < -0.4 is 10.2 Å². The molecule has 9 heteroatoms. The van der Waals surface area contributed by atoms with Gasteiger partial charge in [0.1, 0.15) is 5.15 Å². The van der Waals surface area contributed by atoms with Crippen molar-refractivity contribution < 1.29 is 19.8 Å². The van der Waals surface area contributed by atoms with Gasteiger partial charge in [-0.25, -0.2) is 14.6 Å². The molecule has 0 unspecified atom stereocenters. The summed E-state index contributed by atoms with van der Waals surface area (Å²) in [4.78, 5) is 25.5. The number of aromatic nitrogens is 1. The third-order valence-electron chi connectivity index (χ3n) is 3.60. The molecule has 2 aliphatic rings. The molecule has 2 aliphatic heterocycles. The first-order valence-corrected chi connectivity index (χ1v) is 7.55. The van der Waals surface area contributed by atoms with Crippen molar-refractivity contribution in [1.29, 1.82) is 0 Å². The fourth-order valence-electron chi connectivity index (χ4n) is 2.39. The SMILES string of the molecule is Clc1cc(N2C[C@@H]3CN[C@@H]3C2)cnc1Cl.O=C(O)C=CC(=O)O.